The van der Waals surface area contributed by atoms with Crippen LogP contribution in [-0.2, 0) is 20.9 Å². The molecule has 0 aliphatic rings. The monoisotopic (exact) mass is 467 g/mol. The molecule has 1 aromatic heterocycles. The molecule has 2 amide bonds. The van der Waals surface area contributed by atoms with Crippen LogP contribution in [-0.4, -0.2) is 64.6 Å². The second kappa shape index (κ2) is 11.1. The van der Waals surface area contributed by atoms with E-state index in [4.69, 9.17) is 9.47 Å². The lowest BCUT2D eigenvalue weighted by Crippen LogP contribution is -2.51. The molecular formula is C25H33N5O4. The van der Waals surface area contributed by atoms with E-state index < -0.39 is 11.6 Å². The number of hydrogen-bond donors (Lipinski definition) is 1. The third-order valence-electron chi connectivity index (χ3n) is 5.88. The SMILES string of the molecule is CCC(C)(C)NC(=O)[C@@H](c1cccc(OC)c1)N(CCOC)C(=O)Cn1nnc2ccccc21. The van der Waals surface area contributed by atoms with Crippen LogP contribution < -0.4 is 10.1 Å². The first kappa shape index (κ1) is 25.2. The van der Waals surface area contributed by atoms with E-state index in [1.165, 1.54) is 4.90 Å². The second-order valence-electron chi connectivity index (χ2n) is 8.72. The fourth-order valence-electron chi connectivity index (χ4n) is 3.62. The molecule has 3 rings (SSSR count). The third-order valence-corrected chi connectivity index (χ3v) is 5.88. The number of ether oxygens (including phenoxy) is 2. The van der Waals surface area contributed by atoms with Crippen LogP contribution in [0.15, 0.2) is 48.5 Å². The zero-order chi connectivity index (χ0) is 24.7. The van der Waals surface area contributed by atoms with Crippen molar-refractivity contribution in [3.05, 3.63) is 54.1 Å². The number of carbonyl (C=O) groups excluding carboxylic acids is 2. The van der Waals surface area contributed by atoms with Crippen LogP contribution in [0.25, 0.3) is 11.0 Å². The van der Waals surface area contributed by atoms with Gasteiger partial charge in [-0.1, -0.05) is 36.4 Å². The van der Waals surface area contributed by atoms with Gasteiger partial charge in [0.1, 0.15) is 23.9 Å². The summed E-state index contributed by atoms with van der Waals surface area (Å²) in [4.78, 5) is 28.8. The van der Waals surface area contributed by atoms with Crippen molar-refractivity contribution in [2.75, 3.05) is 27.4 Å². The van der Waals surface area contributed by atoms with Crippen LogP contribution in [0.1, 0.15) is 38.8 Å². The molecule has 2 aromatic carbocycles. The summed E-state index contributed by atoms with van der Waals surface area (Å²) >= 11 is 0. The average Bonchev–Trinajstić information content (AvgIpc) is 3.24. The van der Waals surface area contributed by atoms with Crippen LogP contribution in [0, 0.1) is 0 Å². The van der Waals surface area contributed by atoms with Gasteiger partial charge in [-0.3, -0.25) is 9.59 Å². The van der Waals surface area contributed by atoms with Gasteiger partial charge in [0.15, 0.2) is 0 Å². The van der Waals surface area contributed by atoms with Crippen molar-refractivity contribution in [1.29, 1.82) is 0 Å². The Morgan fingerprint density at radius 1 is 1.15 bits per heavy atom. The van der Waals surface area contributed by atoms with Crippen LogP contribution in [0.2, 0.25) is 0 Å². The van der Waals surface area contributed by atoms with E-state index in [0.29, 0.717) is 16.8 Å². The first-order valence-corrected chi connectivity index (χ1v) is 11.3. The molecule has 0 unspecified atom stereocenters. The quantitative estimate of drug-likeness (QED) is 0.466. The molecule has 0 radical (unpaired) electrons. The van der Waals surface area contributed by atoms with Crippen LogP contribution in [0.4, 0.5) is 0 Å². The topological polar surface area (TPSA) is 98.6 Å². The number of methoxy groups -OCH3 is 2. The molecule has 9 heteroatoms. The van der Waals surface area contributed by atoms with Crippen molar-refractivity contribution in [3.63, 3.8) is 0 Å². The molecule has 1 N–H and O–H groups in total. The molecular weight excluding hydrogens is 434 g/mol. The van der Waals surface area contributed by atoms with Gasteiger partial charge in [-0.2, -0.15) is 0 Å². The maximum absolute atomic E-state index is 13.6. The Kier molecular flexibility index (Phi) is 8.22. The van der Waals surface area contributed by atoms with Gasteiger partial charge in [-0.25, -0.2) is 4.68 Å². The number of aromatic nitrogens is 3. The van der Waals surface area contributed by atoms with Gasteiger partial charge in [0.2, 0.25) is 11.8 Å². The van der Waals surface area contributed by atoms with Gasteiger partial charge in [-0.05, 0) is 50.1 Å². The largest absolute Gasteiger partial charge is 0.497 e. The summed E-state index contributed by atoms with van der Waals surface area (Å²) in [6.07, 6.45) is 0.737. The average molecular weight is 468 g/mol. The summed E-state index contributed by atoms with van der Waals surface area (Å²) in [7, 11) is 3.13. The minimum atomic E-state index is -0.877. The Morgan fingerprint density at radius 3 is 2.62 bits per heavy atom. The molecule has 34 heavy (non-hydrogen) atoms. The number of nitrogens with one attached hydrogen (secondary N) is 1. The molecule has 0 fully saturated rings. The van der Waals surface area contributed by atoms with Gasteiger partial charge in [0.05, 0.1) is 19.2 Å². The minimum Gasteiger partial charge on any atom is -0.497 e. The normalized spacial score (nSPS) is 12.4. The molecule has 182 valence electrons. The van der Waals surface area contributed by atoms with E-state index in [1.807, 2.05) is 57.2 Å². The van der Waals surface area contributed by atoms with E-state index in [9.17, 15) is 9.59 Å². The van der Waals surface area contributed by atoms with E-state index >= 15 is 0 Å². The number of hydrogen-bond acceptors (Lipinski definition) is 6. The summed E-state index contributed by atoms with van der Waals surface area (Å²) in [6, 6.07) is 13.8. The zero-order valence-corrected chi connectivity index (χ0v) is 20.4. The van der Waals surface area contributed by atoms with Crippen molar-refractivity contribution < 1.29 is 19.1 Å². The molecule has 0 saturated heterocycles. The van der Waals surface area contributed by atoms with Crippen LogP contribution >= 0.6 is 0 Å². The van der Waals surface area contributed by atoms with Gasteiger partial charge in [0, 0.05) is 19.2 Å². The third kappa shape index (κ3) is 5.91. The molecule has 3 aromatic rings. The predicted molar refractivity (Wildman–Crippen MR) is 129 cm³/mol. The predicted octanol–water partition coefficient (Wildman–Crippen LogP) is 2.96. The van der Waals surface area contributed by atoms with E-state index in [-0.39, 0.29) is 31.5 Å². The molecule has 0 aliphatic carbocycles. The lowest BCUT2D eigenvalue weighted by Gasteiger charge is -2.34. The zero-order valence-electron chi connectivity index (χ0n) is 20.4. The van der Waals surface area contributed by atoms with Gasteiger partial charge >= 0.3 is 0 Å². The number of carbonyl (C=O) groups is 2. The molecule has 0 bridgehead atoms. The number of amides is 2. The van der Waals surface area contributed by atoms with E-state index in [1.54, 1.807) is 31.0 Å². The summed E-state index contributed by atoms with van der Waals surface area (Å²) in [6.45, 7) is 6.35. The number of fused-ring (bicyclic) bond motifs is 1. The van der Waals surface area contributed by atoms with Crippen molar-refractivity contribution in [2.24, 2.45) is 0 Å². The molecule has 0 aliphatic heterocycles. The molecule has 0 saturated carbocycles. The summed E-state index contributed by atoms with van der Waals surface area (Å²) in [5, 5.41) is 11.4. The highest BCUT2D eigenvalue weighted by atomic mass is 16.5. The highest BCUT2D eigenvalue weighted by Gasteiger charge is 2.34. The van der Waals surface area contributed by atoms with E-state index in [2.05, 4.69) is 15.6 Å². The number of benzene rings is 2. The maximum Gasteiger partial charge on any atom is 0.247 e. The summed E-state index contributed by atoms with van der Waals surface area (Å²) in [5.74, 6) is 0.0597. The van der Waals surface area contributed by atoms with E-state index in [0.717, 1.165) is 11.9 Å². The second-order valence-corrected chi connectivity index (χ2v) is 8.72. The fraction of sp³-hybridized carbons (Fsp3) is 0.440. The van der Waals surface area contributed by atoms with Crippen molar-refractivity contribution in [1.82, 2.24) is 25.2 Å². The van der Waals surface area contributed by atoms with Crippen molar-refractivity contribution in [2.45, 2.75) is 45.3 Å². The lowest BCUT2D eigenvalue weighted by atomic mass is 9.98. The lowest BCUT2D eigenvalue weighted by molar-refractivity contribution is -0.143. The highest BCUT2D eigenvalue weighted by Crippen LogP contribution is 2.27. The Hall–Kier alpha value is -3.46. The fourth-order valence-corrected chi connectivity index (χ4v) is 3.62. The number of para-hydroxylation sites is 1. The Labute approximate surface area is 200 Å². The molecule has 0 spiro atoms. The van der Waals surface area contributed by atoms with Crippen molar-refractivity contribution >= 4 is 22.8 Å². The Bertz CT molecular complexity index is 1130. The standard InChI is InChI=1S/C25H33N5O4/c1-6-25(2,3)26-24(32)23(18-10-9-11-19(16-18)34-5)29(14-15-33-4)22(31)17-30-21-13-8-7-12-20(21)27-28-30/h7-13,16,23H,6,14-15,17H2,1-5H3,(H,26,32)/t23-/m1/s1. The minimum absolute atomic E-state index is 0.0604. The molecule has 1 atom stereocenters. The summed E-state index contributed by atoms with van der Waals surface area (Å²) in [5.41, 5.74) is 1.66. The van der Waals surface area contributed by atoms with Crippen LogP contribution in [0.3, 0.4) is 0 Å². The first-order chi connectivity index (χ1) is 16.3. The molecule has 1 heterocycles. The Balaban J connectivity index is 2.00. The highest BCUT2D eigenvalue weighted by molar-refractivity contribution is 5.89. The van der Waals surface area contributed by atoms with Crippen LogP contribution in [0.5, 0.6) is 5.75 Å². The van der Waals surface area contributed by atoms with Gasteiger partial charge in [0.25, 0.3) is 0 Å². The maximum atomic E-state index is 13.6. The summed E-state index contributed by atoms with van der Waals surface area (Å²) < 4.78 is 12.2. The van der Waals surface area contributed by atoms with Crippen molar-refractivity contribution in [3.8, 4) is 5.75 Å². The van der Waals surface area contributed by atoms with Gasteiger partial charge in [-0.15, -0.1) is 5.10 Å². The van der Waals surface area contributed by atoms with Gasteiger partial charge < -0.3 is 19.7 Å². The molecule has 9 nitrogen and oxygen atoms in total. The number of nitrogens with zero attached hydrogens (tertiary/aromatic N) is 4. The number of rotatable bonds is 11. The smallest absolute Gasteiger partial charge is 0.247 e. The Morgan fingerprint density at radius 2 is 1.91 bits per heavy atom. The first-order valence-electron chi connectivity index (χ1n) is 11.3.